The number of hydrazone groups is 1. The van der Waals surface area contributed by atoms with Gasteiger partial charge in [0.2, 0.25) is 5.91 Å². The fourth-order valence-electron chi connectivity index (χ4n) is 3.15. The second-order valence-corrected chi connectivity index (χ2v) is 8.94. The minimum absolute atomic E-state index is 0.199. The summed E-state index contributed by atoms with van der Waals surface area (Å²) in [5.74, 6) is -2.02. The summed E-state index contributed by atoms with van der Waals surface area (Å²) in [7, 11) is 0. The molecular weight excluding hydrogens is 438 g/mol. The van der Waals surface area contributed by atoms with Crippen molar-refractivity contribution in [2.75, 3.05) is 11.6 Å². The number of hydrogen-bond acceptors (Lipinski definition) is 7. The first kappa shape index (κ1) is 21.0. The van der Waals surface area contributed by atoms with E-state index < -0.39 is 28.3 Å². The number of imide groups is 1. The van der Waals surface area contributed by atoms with Crippen LogP contribution in [0.1, 0.15) is 16.9 Å². The Bertz CT molecular complexity index is 1120. The minimum atomic E-state index is -1.10. The third kappa shape index (κ3) is 4.17. The number of carbonyl (C=O) groups is 4. The van der Waals surface area contributed by atoms with Crippen LogP contribution >= 0.6 is 23.1 Å². The van der Waals surface area contributed by atoms with E-state index in [9.17, 15) is 19.2 Å². The Hall–Kier alpha value is -3.24. The SMILES string of the molecule is Cc1ccc(N2N=C(c3cccs3)/C(=C/C3SC(=O)N(CCC(=O)O)C3=O)C2=O)cc1. The quantitative estimate of drug-likeness (QED) is 0.670. The molecule has 3 amide bonds. The number of carbonyl (C=O) groups excluding carboxylic acids is 3. The van der Waals surface area contributed by atoms with Crippen LogP contribution in [0, 0.1) is 6.92 Å². The Balaban J connectivity index is 1.67. The summed E-state index contributed by atoms with van der Waals surface area (Å²) in [6.45, 7) is 1.74. The molecule has 0 spiro atoms. The normalized spacial score (nSPS) is 20.2. The average molecular weight is 456 g/mol. The van der Waals surface area contributed by atoms with E-state index in [1.54, 1.807) is 12.1 Å². The van der Waals surface area contributed by atoms with E-state index in [4.69, 9.17) is 5.11 Å². The lowest BCUT2D eigenvalue weighted by Crippen LogP contribution is -2.33. The Labute approximate surface area is 185 Å². The van der Waals surface area contributed by atoms with Crippen LogP contribution in [-0.2, 0) is 14.4 Å². The summed E-state index contributed by atoms with van der Waals surface area (Å²) in [5.41, 5.74) is 2.31. The average Bonchev–Trinajstić information content (AvgIpc) is 3.42. The number of benzene rings is 1. The summed E-state index contributed by atoms with van der Waals surface area (Å²) < 4.78 is 0. The number of nitrogens with zero attached hydrogens (tertiary/aromatic N) is 3. The third-order valence-electron chi connectivity index (χ3n) is 4.74. The molecule has 4 rings (SSSR count). The second-order valence-electron chi connectivity index (χ2n) is 6.90. The van der Waals surface area contributed by atoms with Gasteiger partial charge >= 0.3 is 5.97 Å². The summed E-state index contributed by atoms with van der Waals surface area (Å²) >= 11 is 2.18. The zero-order valence-electron chi connectivity index (χ0n) is 16.3. The van der Waals surface area contributed by atoms with E-state index in [0.29, 0.717) is 11.4 Å². The lowest BCUT2D eigenvalue weighted by atomic mass is 10.1. The standard InChI is InChI=1S/C21H17N3O5S2/c1-12-4-6-13(7-5-12)24-19(27)14(18(22-24)15-3-2-10-30-15)11-16-20(28)23(21(29)31-16)9-8-17(25)26/h2-7,10-11,16H,8-9H2,1H3,(H,25,26)/b14-11-. The summed E-state index contributed by atoms with van der Waals surface area (Å²) in [4.78, 5) is 50.6. The van der Waals surface area contributed by atoms with Gasteiger partial charge in [-0.3, -0.25) is 24.1 Å². The molecule has 1 atom stereocenters. The highest BCUT2D eigenvalue weighted by molar-refractivity contribution is 8.15. The molecule has 2 aliphatic heterocycles. The largest absolute Gasteiger partial charge is 0.481 e. The number of carboxylic acid groups (broad SMARTS) is 1. The van der Waals surface area contributed by atoms with Crippen molar-refractivity contribution < 1.29 is 24.3 Å². The highest BCUT2D eigenvalue weighted by Gasteiger charge is 2.41. The molecule has 1 fully saturated rings. The maximum Gasteiger partial charge on any atom is 0.305 e. The lowest BCUT2D eigenvalue weighted by Gasteiger charge is -2.12. The molecule has 1 N–H and O–H groups in total. The molecule has 158 valence electrons. The molecule has 0 saturated carbocycles. The molecule has 0 aliphatic carbocycles. The van der Waals surface area contributed by atoms with E-state index in [1.807, 2.05) is 36.6 Å². The van der Waals surface area contributed by atoms with Gasteiger partial charge in [0.25, 0.3) is 11.1 Å². The first-order chi connectivity index (χ1) is 14.8. The van der Waals surface area contributed by atoms with Gasteiger partial charge in [0.1, 0.15) is 11.0 Å². The molecule has 0 radical (unpaired) electrons. The smallest absolute Gasteiger partial charge is 0.305 e. The molecule has 0 bridgehead atoms. The predicted octanol–water partition coefficient (Wildman–Crippen LogP) is 3.27. The van der Waals surface area contributed by atoms with E-state index in [-0.39, 0.29) is 18.5 Å². The monoisotopic (exact) mass is 455 g/mol. The molecule has 1 saturated heterocycles. The van der Waals surface area contributed by atoms with Crippen molar-refractivity contribution in [1.82, 2.24) is 4.90 Å². The van der Waals surface area contributed by atoms with Crippen molar-refractivity contribution in [2.45, 2.75) is 18.6 Å². The summed E-state index contributed by atoms with van der Waals surface area (Å²) in [6, 6.07) is 11.0. The third-order valence-corrected chi connectivity index (χ3v) is 6.63. The van der Waals surface area contributed by atoms with Crippen LogP contribution in [0.2, 0.25) is 0 Å². The van der Waals surface area contributed by atoms with Crippen molar-refractivity contribution in [1.29, 1.82) is 0 Å². The Morgan fingerprint density at radius 3 is 2.58 bits per heavy atom. The molecule has 1 unspecified atom stereocenters. The minimum Gasteiger partial charge on any atom is -0.481 e. The van der Waals surface area contributed by atoms with Gasteiger partial charge in [-0.15, -0.1) is 11.3 Å². The molecule has 1 aromatic heterocycles. The summed E-state index contributed by atoms with van der Waals surface area (Å²) in [5, 5.41) is 15.1. The Kier molecular flexibility index (Phi) is 5.75. The van der Waals surface area contributed by atoms with Crippen LogP contribution in [0.25, 0.3) is 0 Å². The maximum atomic E-state index is 13.2. The summed E-state index contributed by atoms with van der Waals surface area (Å²) in [6.07, 6.45) is 1.13. The Morgan fingerprint density at radius 2 is 1.94 bits per heavy atom. The van der Waals surface area contributed by atoms with Crippen LogP contribution in [0.15, 0.2) is 58.5 Å². The van der Waals surface area contributed by atoms with Gasteiger partial charge in [-0.05, 0) is 48.3 Å². The lowest BCUT2D eigenvalue weighted by molar-refractivity contribution is -0.137. The highest BCUT2D eigenvalue weighted by Crippen LogP contribution is 2.33. The fourth-order valence-corrected chi connectivity index (χ4v) is 4.83. The van der Waals surface area contributed by atoms with Crippen molar-refractivity contribution in [2.24, 2.45) is 5.10 Å². The Morgan fingerprint density at radius 1 is 1.19 bits per heavy atom. The first-order valence-electron chi connectivity index (χ1n) is 9.34. The number of thiophene rings is 1. The van der Waals surface area contributed by atoms with Crippen LogP contribution in [0.5, 0.6) is 0 Å². The molecule has 2 aliphatic rings. The molecule has 3 heterocycles. The predicted molar refractivity (Wildman–Crippen MR) is 118 cm³/mol. The van der Waals surface area contributed by atoms with Crippen molar-refractivity contribution in [3.63, 3.8) is 0 Å². The zero-order valence-corrected chi connectivity index (χ0v) is 18.0. The van der Waals surface area contributed by atoms with Crippen LogP contribution in [0.4, 0.5) is 10.5 Å². The number of rotatable bonds is 6. The number of anilines is 1. The van der Waals surface area contributed by atoms with Gasteiger partial charge < -0.3 is 5.11 Å². The van der Waals surface area contributed by atoms with Gasteiger partial charge in [0.15, 0.2) is 0 Å². The van der Waals surface area contributed by atoms with Crippen LogP contribution in [0.3, 0.4) is 0 Å². The topological polar surface area (TPSA) is 107 Å². The fraction of sp³-hybridized carbons (Fsp3) is 0.190. The number of hydrogen-bond donors (Lipinski definition) is 1. The van der Waals surface area contributed by atoms with Crippen molar-refractivity contribution >= 4 is 57.5 Å². The molecule has 10 heteroatoms. The van der Waals surface area contributed by atoms with E-state index >= 15 is 0 Å². The van der Waals surface area contributed by atoms with Gasteiger partial charge in [0.05, 0.1) is 22.6 Å². The number of carboxylic acids is 1. The maximum absolute atomic E-state index is 13.2. The van der Waals surface area contributed by atoms with Gasteiger partial charge in [0, 0.05) is 6.54 Å². The molecular formula is C21H17N3O5S2. The highest BCUT2D eigenvalue weighted by atomic mass is 32.2. The zero-order chi connectivity index (χ0) is 22.1. The number of amides is 3. The van der Waals surface area contributed by atoms with E-state index in [0.717, 1.165) is 27.1 Å². The van der Waals surface area contributed by atoms with Crippen molar-refractivity contribution in [3.05, 3.63) is 63.9 Å². The number of aliphatic carboxylic acids is 1. The number of aryl methyl sites for hydroxylation is 1. The van der Waals surface area contributed by atoms with Crippen LogP contribution in [-0.4, -0.2) is 50.5 Å². The van der Waals surface area contributed by atoms with Gasteiger partial charge in [-0.1, -0.05) is 23.8 Å². The van der Waals surface area contributed by atoms with Crippen LogP contribution < -0.4 is 5.01 Å². The van der Waals surface area contributed by atoms with E-state index in [2.05, 4.69) is 5.10 Å². The van der Waals surface area contributed by atoms with Gasteiger partial charge in [-0.25, -0.2) is 0 Å². The molecule has 8 nitrogen and oxygen atoms in total. The van der Waals surface area contributed by atoms with Crippen molar-refractivity contribution in [3.8, 4) is 0 Å². The molecule has 31 heavy (non-hydrogen) atoms. The number of thioether (sulfide) groups is 1. The van der Waals surface area contributed by atoms with Gasteiger partial charge in [-0.2, -0.15) is 10.1 Å². The second kappa shape index (κ2) is 8.48. The molecule has 1 aromatic carbocycles. The van der Waals surface area contributed by atoms with E-state index in [1.165, 1.54) is 22.4 Å². The molecule has 2 aromatic rings. The first-order valence-corrected chi connectivity index (χ1v) is 11.1.